The molecule has 2 fully saturated rings. The fourth-order valence-electron chi connectivity index (χ4n) is 2.52. The minimum Gasteiger partial charge on any atom is -0.403 e. The number of rotatable bonds is 3. The number of likely N-dealkylation sites (N-methyl/N-ethyl adjacent to an activating group) is 1. The maximum atomic E-state index is 5.52. The predicted molar refractivity (Wildman–Crippen MR) is 72.8 cm³/mol. The summed E-state index contributed by atoms with van der Waals surface area (Å²) in [6.45, 7) is 4.93. The zero-order valence-corrected chi connectivity index (χ0v) is 11.4. The van der Waals surface area contributed by atoms with E-state index in [2.05, 4.69) is 28.4 Å². The summed E-state index contributed by atoms with van der Waals surface area (Å²) in [7, 11) is 3.94. The van der Waals surface area contributed by atoms with Gasteiger partial charge in [0.05, 0.1) is 12.6 Å². The van der Waals surface area contributed by atoms with Crippen LogP contribution in [0.2, 0.25) is 0 Å². The van der Waals surface area contributed by atoms with Gasteiger partial charge in [0.2, 0.25) is 0 Å². The zero-order valence-electron chi connectivity index (χ0n) is 11.4. The minimum absolute atomic E-state index is 0.486. The third-order valence-electron chi connectivity index (χ3n) is 3.69. The summed E-state index contributed by atoms with van der Waals surface area (Å²) >= 11 is 0. The van der Waals surface area contributed by atoms with E-state index in [1.165, 1.54) is 5.57 Å². The summed E-state index contributed by atoms with van der Waals surface area (Å²) in [5.41, 5.74) is 8.06. The van der Waals surface area contributed by atoms with Crippen LogP contribution in [0.4, 0.5) is 0 Å². The second-order valence-electron chi connectivity index (χ2n) is 5.09. The van der Waals surface area contributed by atoms with Crippen molar-refractivity contribution in [3.63, 3.8) is 0 Å². The van der Waals surface area contributed by atoms with Crippen molar-refractivity contribution in [2.45, 2.75) is 12.5 Å². The Morgan fingerprint density at radius 2 is 2.33 bits per heavy atom. The van der Waals surface area contributed by atoms with Crippen molar-refractivity contribution in [2.75, 3.05) is 46.9 Å². The smallest absolute Gasteiger partial charge is 0.0635 e. The van der Waals surface area contributed by atoms with E-state index in [9.17, 15) is 0 Å². The number of nitrogens with one attached hydrogen (secondary N) is 1. The lowest BCUT2D eigenvalue weighted by Gasteiger charge is -2.38. The maximum absolute atomic E-state index is 5.52. The molecular weight excluding hydrogens is 228 g/mol. The van der Waals surface area contributed by atoms with Gasteiger partial charge in [-0.2, -0.15) is 0 Å². The lowest BCUT2D eigenvalue weighted by atomic mass is 10.1. The summed E-state index contributed by atoms with van der Waals surface area (Å²) < 4.78 is 5.28. The molecule has 2 saturated heterocycles. The number of methoxy groups -OCH3 is 1. The number of ether oxygens (including phenoxy) is 1. The van der Waals surface area contributed by atoms with Crippen molar-refractivity contribution in [2.24, 2.45) is 5.73 Å². The standard InChI is InChI=1S/C13H24N4O/c1-16-3-4-17(9-13(16)10-18-2)8-11-5-12(6-14)15-7-11/h6,8,13,15H,3-5,7,9-10,14H2,1-2H3/b11-8+,12-6-. The number of nitrogens with two attached hydrogens (primary N) is 1. The Kier molecular flexibility index (Phi) is 4.49. The highest BCUT2D eigenvalue weighted by atomic mass is 16.5. The van der Waals surface area contributed by atoms with Crippen LogP contribution in [0.15, 0.2) is 23.7 Å². The van der Waals surface area contributed by atoms with E-state index >= 15 is 0 Å². The molecule has 0 aromatic rings. The molecule has 5 heteroatoms. The summed E-state index contributed by atoms with van der Waals surface area (Å²) in [6, 6.07) is 0.486. The summed E-state index contributed by atoms with van der Waals surface area (Å²) in [5.74, 6) is 0. The number of allylic oxidation sites excluding steroid dienone is 1. The van der Waals surface area contributed by atoms with Crippen molar-refractivity contribution >= 4 is 0 Å². The molecule has 2 heterocycles. The highest BCUT2D eigenvalue weighted by molar-refractivity contribution is 5.22. The molecule has 0 spiro atoms. The van der Waals surface area contributed by atoms with Crippen LogP contribution < -0.4 is 11.1 Å². The Morgan fingerprint density at radius 3 is 3.00 bits per heavy atom. The SMILES string of the molecule is COCC1CN(/C=C2/CN/C(=C\N)C2)CCN1C. The number of hydrogen-bond donors (Lipinski definition) is 2. The number of hydrogen-bond acceptors (Lipinski definition) is 5. The molecule has 102 valence electrons. The van der Waals surface area contributed by atoms with Gasteiger partial charge in [-0.1, -0.05) is 0 Å². The summed E-state index contributed by atoms with van der Waals surface area (Å²) in [5, 5.41) is 3.30. The molecule has 0 radical (unpaired) electrons. The first-order valence-electron chi connectivity index (χ1n) is 6.50. The average molecular weight is 252 g/mol. The van der Waals surface area contributed by atoms with Gasteiger partial charge in [0, 0.05) is 57.8 Å². The summed E-state index contributed by atoms with van der Waals surface area (Å²) in [6.07, 6.45) is 4.91. The van der Waals surface area contributed by atoms with E-state index in [1.807, 2.05) is 0 Å². The Bertz CT molecular complexity index is 340. The Labute approximate surface area is 109 Å². The second-order valence-corrected chi connectivity index (χ2v) is 5.09. The molecule has 2 rings (SSSR count). The topological polar surface area (TPSA) is 53.8 Å². The van der Waals surface area contributed by atoms with Crippen LogP contribution in [0.5, 0.6) is 0 Å². The van der Waals surface area contributed by atoms with E-state index in [0.717, 1.165) is 44.9 Å². The molecule has 0 saturated carbocycles. The average Bonchev–Trinajstić information content (AvgIpc) is 2.81. The van der Waals surface area contributed by atoms with Gasteiger partial charge >= 0.3 is 0 Å². The van der Waals surface area contributed by atoms with Crippen molar-refractivity contribution in [3.05, 3.63) is 23.7 Å². The van der Waals surface area contributed by atoms with Crippen molar-refractivity contribution in [3.8, 4) is 0 Å². The first-order chi connectivity index (χ1) is 8.72. The van der Waals surface area contributed by atoms with Gasteiger partial charge in [-0.05, 0) is 12.6 Å². The van der Waals surface area contributed by atoms with E-state index in [4.69, 9.17) is 10.5 Å². The first kappa shape index (κ1) is 13.2. The van der Waals surface area contributed by atoms with Crippen LogP contribution >= 0.6 is 0 Å². The van der Waals surface area contributed by atoms with E-state index in [-0.39, 0.29) is 0 Å². The van der Waals surface area contributed by atoms with Crippen molar-refractivity contribution in [1.82, 2.24) is 15.1 Å². The molecule has 2 aliphatic heterocycles. The van der Waals surface area contributed by atoms with Gasteiger partial charge in [-0.15, -0.1) is 0 Å². The first-order valence-corrected chi connectivity index (χ1v) is 6.50. The summed E-state index contributed by atoms with van der Waals surface area (Å²) in [4.78, 5) is 4.77. The molecule has 18 heavy (non-hydrogen) atoms. The maximum Gasteiger partial charge on any atom is 0.0635 e. The molecule has 0 bridgehead atoms. The molecule has 5 nitrogen and oxygen atoms in total. The lowest BCUT2D eigenvalue weighted by Crippen LogP contribution is -2.51. The van der Waals surface area contributed by atoms with Crippen LogP contribution in [0.1, 0.15) is 6.42 Å². The van der Waals surface area contributed by atoms with Crippen molar-refractivity contribution < 1.29 is 4.74 Å². The van der Waals surface area contributed by atoms with E-state index < -0.39 is 0 Å². The van der Waals surface area contributed by atoms with Gasteiger partial charge in [0.25, 0.3) is 0 Å². The van der Waals surface area contributed by atoms with E-state index in [1.54, 1.807) is 13.3 Å². The van der Waals surface area contributed by atoms with Gasteiger partial charge in [0.15, 0.2) is 0 Å². The number of piperazine rings is 1. The number of nitrogens with zero attached hydrogens (tertiary/aromatic N) is 2. The lowest BCUT2D eigenvalue weighted by molar-refractivity contribution is 0.0571. The Morgan fingerprint density at radius 1 is 1.50 bits per heavy atom. The van der Waals surface area contributed by atoms with Gasteiger partial charge in [0.1, 0.15) is 0 Å². The van der Waals surface area contributed by atoms with Crippen LogP contribution in [0.25, 0.3) is 0 Å². The third-order valence-corrected chi connectivity index (χ3v) is 3.69. The fourth-order valence-corrected chi connectivity index (χ4v) is 2.52. The predicted octanol–water partition coefficient (Wildman–Crippen LogP) is -0.0739. The quantitative estimate of drug-likeness (QED) is 0.736. The zero-order chi connectivity index (χ0) is 13.0. The molecule has 0 aromatic carbocycles. The fraction of sp³-hybridized carbons (Fsp3) is 0.692. The normalized spacial score (nSPS) is 30.1. The van der Waals surface area contributed by atoms with Gasteiger partial charge < -0.3 is 20.7 Å². The molecule has 0 aromatic heterocycles. The highest BCUT2D eigenvalue weighted by Gasteiger charge is 2.23. The van der Waals surface area contributed by atoms with Crippen LogP contribution in [-0.2, 0) is 4.74 Å². The Balaban J connectivity index is 1.92. The van der Waals surface area contributed by atoms with Gasteiger partial charge in [-0.3, -0.25) is 4.90 Å². The van der Waals surface area contributed by atoms with Crippen LogP contribution in [-0.4, -0.2) is 62.8 Å². The Hall–Kier alpha value is -1.20. The van der Waals surface area contributed by atoms with Gasteiger partial charge in [-0.25, -0.2) is 0 Å². The molecule has 0 amide bonds. The molecule has 3 N–H and O–H groups in total. The monoisotopic (exact) mass is 252 g/mol. The van der Waals surface area contributed by atoms with Crippen LogP contribution in [0, 0.1) is 0 Å². The largest absolute Gasteiger partial charge is 0.403 e. The van der Waals surface area contributed by atoms with E-state index in [0.29, 0.717) is 6.04 Å². The molecule has 0 aliphatic carbocycles. The molecule has 1 unspecified atom stereocenters. The van der Waals surface area contributed by atoms with Crippen molar-refractivity contribution in [1.29, 1.82) is 0 Å². The molecule has 1 atom stereocenters. The van der Waals surface area contributed by atoms with Crippen LogP contribution in [0.3, 0.4) is 0 Å². The molecule has 2 aliphatic rings. The third kappa shape index (κ3) is 3.17. The highest BCUT2D eigenvalue weighted by Crippen LogP contribution is 2.17. The second kappa shape index (κ2) is 6.11. The minimum atomic E-state index is 0.486. The molecular formula is C13H24N4O.